The van der Waals surface area contributed by atoms with Crippen LogP contribution in [0.1, 0.15) is 12.5 Å². The van der Waals surface area contributed by atoms with E-state index in [-0.39, 0.29) is 28.0 Å². The molecule has 2 heterocycles. The molecule has 0 aliphatic carbocycles. The van der Waals surface area contributed by atoms with Gasteiger partial charge in [0.25, 0.3) is 11.6 Å². The smallest absolute Gasteiger partial charge is 0.277 e. The van der Waals surface area contributed by atoms with Gasteiger partial charge in [0.05, 0.1) is 16.0 Å². The quantitative estimate of drug-likeness (QED) is 0.506. The summed E-state index contributed by atoms with van der Waals surface area (Å²) in [6.45, 7) is 2.24. The molecule has 0 fully saturated rings. The van der Waals surface area contributed by atoms with E-state index in [1.54, 1.807) is 4.57 Å². The number of benzene rings is 1. The number of aryl methyl sites for hydroxylation is 1. The fraction of sp³-hybridized carbons (Fsp3) is 0.154. The fourth-order valence-corrected chi connectivity index (χ4v) is 2.69. The Kier molecular flexibility index (Phi) is 3.14. The molecule has 1 aliphatic rings. The molecule has 1 aliphatic heterocycles. The Morgan fingerprint density at radius 2 is 2.23 bits per heavy atom. The Morgan fingerprint density at radius 1 is 1.50 bits per heavy atom. The highest BCUT2D eigenvalue weighted by Gasteiger charge is 2.30. The number of amides is 1. The Morgan fingerprint density at radius 3 is 2.77 bits per heavy atom. The Bertz CT molecular complexity index is 884. The van der Waals surface area contributed by atoms with Gasteiger partial charge in [-0.3, -0.25) is 20.2 Å². The predicted octanol–water partition coefficient (Wildman–Crippen LogP) is 1.48. The van der Waals surface area contributed by atoms with Crippen LogP contribution >= 0.6 is 12.2 Å². The molecule has 22 heavy (non-hydrogen) atoms. The normalized spacial score (nSPS) is 14.3. The number of aliphatic imine (C=N–C) groups is 1. The number of nitro benzene ring substituents is 1. The molecule has 0 saturated heterocycles. The van der Waals surface area contributed by atoms with Crippen molar-refractivity contribution < 1.29 is 14.8 Å². The Balaban J connectivity index is 2.37. The van der Waals surface area contributed by atoms with Crippen LogP contribution in [-0.4, -0.2) is 31.3 Å². The van der Waals surface area contributed by atoms with E-state index in [0.29, 0.717) is 17.4 Å². The van der Waals surface area contributed by atoms with Crippen LogP contribution in [0.5, 0.6) is 5.88 Å². The average Bonchev–Trinajstić information content (AvgIpc) is 2.93. The minimum Gasteiger partial charge on any atom is -0.494 e. The van der Waals surface area contributed by atoms with E-state index in [0.717, 1.165) is 0 Å². The maximum absolute atomic E-state index is 11.9. The van der Waals surface area contributed by atoms with Crippen LogP contribution in [-0.2, 0) is 11.3 Å². The van der Waals surface area contributed by atoms with Crippen molar-refractivity contribution >= 4 is 45.5 Å². The standard InChI is InChI=1S/C13H10N4O4S/c1-2-16-8-4-3-6(17(20)21)5-7(8)9(12(16)19)10-11(18)15-13(22)14-10/h3-5,19H,2H2,1H3,(H,15,18,22). The van der Waals surface area contributed by atoms with Crippen LogP contribution in [0, 0.1) is 10.1 Å². The summed E-state index contributed by atoms with van der Waals surface area (Å²) < 4.78 is 1.55. The zero-order valence-electron chi connectivity index (χ0n) is 11.4. The zero-order valence-corrected chi connectivity index (χ0v) is 12.2. The van der Waals surface area contributed by atoms with Gasteiger partial charge >= 0.3 is 0 Å². The van der Waals surface area contributed by atoms with Gasteiger partial charge in [-0.15, -0.1) is 0 Å². The van der Waals surface area contributed by atoms with Crippen molar-refractivity contribution in [3.8, 4) is 5.88 Å². The van der Waals surface area contributed by atoms with Crippen LogP contribution in [0.4, 0.5) is 5.69 Å². The summed E-state index contributed by atoms with van der Waals surface area (Å²) in [5.41, 5.74) is 0.551. The fourth-order valence-electron chi connectivity index (χ4n) is 2.50. The molecule has 8 nitrogen and oxygen atoms in total. The van der Waals surface area contributed by atoms with Gasteiger partial charge in [0.2, 0.25) is 11.0 Å². The first-order valence-electron chi connectivity index (χ1n) is 6.38. The third kappa shape index (κ3) is 1.94. The van der Waals surface area contributed by atoms with E-state index in [2.05, 4.69) is 10.3 Å². The lowest BCUT2D eigenvalue weighted by Crippen LogP contribution is -2.25. The molecule has 3 rings (SSSR count). The van der Waals surface area contributed by atoms with Gasteiger partial charge in [-0.1, -0.05) is 0 Å². The largest absolute Gasteiger partial charge is 0.494 e. The van der Waals surface area contributed by atoms with Crippen LogP contribution in [0.2, 0.25) is 0 Å². The third-order valence-electron chi connectivity index (χ3n) is 3.43. The van der Waals surface area contributed by atoms with E-state index in [4.69, 9.17) is 12.2 Å². The number of carbonyl (C=O) groups excluding carboxylic acids is 1. The van der Waals surface area contributed by atoms with Crippen LogP contribution < -0.4 is 5.32 Å². The summed E-state index contributed by atoms with van der Waals surface area (Å²) >= 11 is 4.83. The summed E-state index contributed by atoms with van der Waals surface area (Å²) in [4.78, 5) is 26.3. The molecule has 0 atom stereocenters. The molecular formula is C13H10N4O4S. The molecule has 0 bridgehead atoms. The molecule has 1 amide bonds. The van der Waals surface area contributed by atoms with Gasteiger partial charge in [0.15, 0.2) is 0 Å². The zero-order chi connectivity index (χ0) is 16.0. The summed E-state index contributed by atoms with van der Waals surface area (Å²) in [6.07, 6.45) is 0. The van der Waals surface area contributed by atoms with Crippen LogP contribution in [0.15, 0.2) is 23.2 Å². The van der Waals surface area contributed by atoms with Crippen molar-refractivity contribution in [1.82, 2.24) is 9.88 Å². The number of fused-ring (bicyclic) bond motifs is 1. The molecule has 2 N–H and O–H groups in total. The van der Waals surface area contributed by atoms with Gasteiger partial charge in [0, 0.05) is 24.1 Å². The second kappa shape index (κ2) is 4.88. The molecule has 1 aromatic heterocycles. The highest BCUT2D eigenvalue weighted by atomic mass is 32.1. The number of hydrogen-bond donors (Lipinski definition) is 2. The SMILES string of the molecule is CCn1c(O)c(C2=NC(=S)NC2=O)c2cc([N+](=O)[O-])ccc21. The van der Waals surface area contributed by atoms with E-state index in [9.17, 15) is 20.0 Å². The second-order valence-electron chi connectivity index (χ2n) is 4.62. The topological polar surface area (TPSA) is 110 Å². The highest BCUT2D eigenvalue weighted by molar-refractivity contribution is 7.80. The molecule has 2 aromatic rings. The van der Waals surface area contributed by atoms with Crippen molar-refractivity contribution in [2.75, 3.05) is 0 Å². The van der Waals surface area contributed by atoms with E-state index in [1.165, 1.54) is 18.2 Å². The first kappa shape index (κ1) is 14.1. The molecule has 1 aromatic carbocycles. The van der Waals surface area contributed by atoms with Crippen molar-refractivity contribution in [3.63, 3.8) is 0 Å². The lowest BCUT2D eigenvalue weighted by molar-refractivity contribution is -0.384. The number of non-ortho nitro benzene ring substituents is 1. The van der Waals surface area contributed by atoms with Crippen LogP contribution in [0.3, 0.4) is 0 Å². The van der Waals surface area contributed by atoms with Crippen LogP contribution in [0.25, 0.3) is 10.9 Å². The molecule has 0 spiro atoms. The maximum atomic E-state index is 11.9. The van der Waals surface area contributed by atoms with Crippen molar-refractivity contribution in [1.29, 1.82) is 0 Å². The minimum absolute atomic E-state index is 0.00206. The molecule has 9 heteroatoms. The van der Waals surface area contributed by atoms with Gasteiger partial charge < -0.3 is 9.67 Å². The summed E-state index contributed by atoms with van der Waals surface area (Å²) in [6, 6.07) is 4.19. The van der Waals surface area contributed by atoms with Crippen molar-refractivity contribution in [2.45, 2.75) is 13.5 Å². The lowest BCUT2D eigenvalue weighted by atomic mass is 10.1. The number of nitrogens with one attached hydrogen (secondary N) is 1. The number of carbonyl (C=O) groups is 1. The Hall–Kier alpha value is -2.81. The summed E-state index contributed by atoms with van der Waals surface area (Å²) in [5, 5.41) is 24.1. The lowest BCUT2D eigenvalue weighted by Gasteiger charge is -2.02. The predicted molar refractivity (Wildman–Crippen MR) is 83.2 cm³/mol. The first-order chi connectivity index (χ1) is 10.4. The number of rotatable bonds is 3. The molecular weight excluding hydrogens is 308 g/mol. The first-order valence-corrected chi connectivity index (χ1v) is 6.78. The van der Waals surface area contributed by atoms with Gasteiger partial charge in [-0.25, -0.2) is 4.99 Å². The number of hydrogen-bond acceptors (Lipinski definition) is 5. The number of aromatic hydroxyl groups is 1. The minimum atomic E-state index is -0.540. The number of nitro groups is 1. The van der Waals surface area contributed by atoms with Crippen molar-refractivity contribution in [2.24, 2.45) is 4.99 Å². The number of thiocarbonyl (C=S) groups is 1. The van der Waals surface area contributed by atoms with E-state index >= 15 is 0 Å². The van der Waals surface area contributed by atoms with Crippen molar-refractivity contribution in [3.05, 3.63) is 33.9 Å². The van der Waals surface area contributed by atoms with E-state index < -0.39 is 10.8 Å². The third-order valence-corrected chi connectivity index (χ3v) is 3.63. The Labute approximate surface area is 129 Å². The molecule has 112 valence electrons. The van der Waals surface area contributed by atoms with Gasteiger partial charge in [-0.2, -0.15) is 0 Å². The number of aromatic nitrogens is 1. The molecule has 0 radical (unpaired) electrons. The summed E-state index contributed by atoms with van der Waals surface area (Å²) in [5.74, 6) is -0.710. The summed E-state index contributed by atoms with van der Waals surface area (Å²) in [7, 11) is 0. The molecule has 0 saturated carbocycles. The van der Waals surface area contributed by atoms with Gasteiger partial charge in [-0.05, 0) is 25.2 Å². The van der Waals surface area contributed by atoms with E-state index in [1.807, 2.05) is 6.92 Å². The number of nitrogens with zero attached hydrogens (tertiary/aromatic N) is 3. The average molecular weight is 318 g/mol. The second-order valence-corrected chi connectivity index (χ2v) is 5.01. The molecule has 0 unspecified atom stereocenters. The highest BCUT2D eigenvalue weighted by Crippen LogP contribution is 2.34. The van der Waals surface area contributed by atoms with Gasteiger partial charge in [0.1, 0.15) is 5.71 Å². The monoisotopic (exact) mass is 318 g/mol. The maximum Gasteiger partial charge on any atom is 0.277 e.